The van der Waals surface area contributed by atoms with Crippen LogP contribution in [0.5, 0.6) is 0 Å². The number of nitrogens with zero attached hydrogens (tertiary/aromatic N) is 1. The number of aliphatic hydroxyl groups is 1. The molecule has 3 N–H and O–H groups in total. The van der Waals surface area contributed by atoms with E-state index in [1.165, 1.54) is 11.3 Å². The van der Waals surface area contributed by atoms with Crippen LogP contribution < -0.4 is 15.5 Å². The number of urea groups is 1. The Balaban J connectivity index is 1.96. The van der Waals surface area contributed by atoms with Crippen LogP contribution in [0.4, 0.5) is 10.5 Å². The molecule has 1 atom stereocenters. The number of anilines is 1. The Morgan fingerprint density at radius 3 is 3.00 bits per heavy atom. The minimum Gasteiger partial charge on any atom is -0.387 e. The summed E-state index contributed by atoms with van der Waals surface area (Å²) in [6, 6.07) is 5.74. The van der Waals surface area contributed by atoms with Gasteiger partial charge in [-0.2, -0.15) is 0 Å². The van der Waals surface area contributed by atoms with Gasteiger partial charge in [0.15, 0.2) is 0 Å². The van der Waals surface area contributed by atoms with Crippen LogP contribution in [0.1, 0.15) is 24.2 Å². The summed E-state index contributed by atoms with van der Waals surface area (Å²) in [7, 11) is 2.07. The zero-order valence-corrected chi connectivity index (χ0v) is 11.4. The molecule has 5 nitrogen and oxygen atoms in total. The summed E-state index contributed by atoms with van der Waals surface area (Å²) in [4.78, 5) is 13.5. The van der Waals surface area contributed by atoms with E-state index in [9.17, 15) is 9.90 Å². The molecule has 1 heterocycles. The average molecular weight is 263 g/mol. The maximum Gasteiger partial charge on any atom is 0.314 e. The van der Waals surface area contributed by atoms with Crippen molar-refractivity contribution < 1.29 is 9.90 Å². The predicted octanol–water partition coefficient (Wildman–Crippen LogP) is 1.03. The monoisotopic (exact) mass is 263 g/mol. The van der Waals surface area contributed by atoms with Gasteiger partial charge >= 0.3 is 6.03 Å². The minimum atomic E-state index is -0.668. The molecule has 0 aliphatic carbocycles. The van der Waals surface area contributed by atoms with E-state index in [2.05, 4.69) is 22.6 Å². The molecule has 1 aromatic rings. The first-order valence-electron chi connectivity index (χ1n) is 6.65. The molecule has 0 saturated heterocycles. The van der Waals surface area contributed by atoms with Crippen LogP contribution in [0.2, 0.25) is 0 Å². The Kier molecular flexibility index (Phi) is 4.27. The van der Waals surface area contributed by atoms with Crippen molar-refractivity contribution >= 4 is 11.7 Å². The lowest BCUT2D eigenvalue weighted by atomic mass is 10.0. The molecule has 0 fully saturated rings. The third-order valence-electron chi connectivity index (χ3n) is 3.41. The van der Waals surface area contributed by atoms with E-state index < -0.39 is 6.10 Å². The topological polar surface area (TPSA) is 64.6 Å². The summed E-state index contributed by atoms with van der Waals surface area (Å²) < 4.78 is 0. The van der Waals surface area contributed by atoms with Gasteiger partial charge in [-0.3, -0.25) is 0 Å². The molecule has 19 heavy (non-hydrogen) atoms. The van der Waals surface area contributed by atoms with Crippen LogP contribution >= 0.6 is 0 Å². The Morgan fingerprint density at radius 2 is 2.26 bits per heavy atom. The molecule has 2 rings (SSSR count). The number of carbonyl (C=O) groups excluding carboxylic acids is 1. The number of rotatable bonds is 4. The van der Waals surface area contributed by atoms with Crippen molar-refractivity contribution in [3.8, 4) is 0 Å². The molecule has 1 aromatic carbocycles. The van der Waals surface area contributed by atoms with Gasteiger partial charge in [0.05, 0.1) is 6.10 Å². The number of aliphatic hydroxyl groups excluding tert-OH is 1. The van der Waals surface area contributed by atoms with Gasteiger partial charge in [-0.1, -0.05) is 12.1 Å². The fraction of sp³-hybridized carbons (Fsp3) is 0.500. The molecule has 5 heteroatoms. The number of hydrogen-bond acceptors (Lipinski definition) is 3. The van der Waals surface area contributed by atoms with Gasteiger partial charge in [0.1, 0.15) is 0 Å². The van der Waals surface area contributed by atoms with Crippen molar-refractivity contribution in [2.45, 2.75) is 19.4 Å². The standard InChI is InChI=1S/C14H21N3O2/c1-3-15-14(19)16-9-13(18)11-4-5-12-10(8-11)6-7-17(12)2/h4-5,8,13,18H,3,6-7,9H2,1-2H3,(H2,15,16,19). The molecule has 0 bridgehead atoms. The summed E-state index contributed by atoms with van der Waals surface area (Å²) in [6.45, 7) is 3.67. The maximum atomic E-state index is 11.3. The van der Waals surface area contributed by atoms with Gasteiger partial charge < -0.3 is 20.6 Å². The second-order valence-corrected chi connectivity index (χ2v) is 4.82. The molecule has 1 unspecified atom stereocenters. The summed E-state index contributed by atoms with van der Waals surface area (Å²) in [5, 5.41) is 15.4. The third kappa shape index (κ3) is 3.17. The number of hydrogen-bond donors (Lipinski definition) is 3. The molecular formula is C14H21N3O2. The SMILES string of the molecule is CCNC(=O)NCC(O)c1ccc2c(c1)CCN2C. The van der Waals surface area contributed by atoms with Crippen LogP contribution in [0, 0.1) is 0 Å². The van der Waals surface area contributed by atoms with Crippen LogP contribution in [-0.4, -0.2) is 37.8 Å². The first-order chi connectivity index (χ1) is 9.11. The van der Waals surface area contributed by atoms with Crippen molar-refractivity contribution in [3.63, 3.8) is 0 Å². The Labute approximate surface area is 113 Å². The van der Waals surface area contributed by atoms with Gasteiger partial charge in [0.2, 0.25) is 0 Å². The highest BCUT2D eigenvalue weighted by molar-refractivity contribution is 5.73. The highest BCUT2D eigenvalue weighted by atomic mass is 16.3. The summed E-state index contributed by atoms with van der Waals surface area (Å²) in [5.41, 5.74) is 3.34. The smallest absolute Gasteiger partial charge is 0.314 e. The van der Waals surface area contributed by atoms with Crippen LogP contribution in [0.3, 0.4) is 0 Å². The van der Waals surface area contributed by atoms with Crippen molar-refractivity contribution in [1.82, 2.24) is 10.6 Å². The maximum absolute atomic E-state index is 11.3. The molecule has 0 saturated carbocycles. The van der Waals surface area contributed by atoms with E-state index in [0.717, 1.165) is 18.5 Å². The van der Waals surface area contributed by atoms with E-state index in [4.69, 9.17) is 0 Å². The second kappa shape index (κ2) is 5.93. The normalized spacial score (nSPS) is 15.0. The molecule has 104 valence electrons. The largest absolute Gasteiger partial charge is 0.387 e. The van der Waals surface area contributed by atoms with E-state index in [1.54, 1.807) is 0 Å². The summed E-state index contributed by atoms with van der Waals surface area (Å²) in [5.74, 6) is 0. The van der Waals surface area contributed by atoms with Crippen molar-refractivity contribution in [2.75, 3.05) is 31.6 Å². The average Bonchev–Trinajstić information content (AvgIpc) is 2.77. The van der Waals surface area contributed by atoms with E-state index in [1.807, 2.05) is 25.1 Å². The number of benzene rings is 1. The van der Waals surface area contributed by atoms with Crippen LogP contribution in [-0.2, 0) is 6.42 Å². The van der Waals surface area contributed by atoms with E-state index >= 15 is 0 Å². The van der Waals surface area contributed by atoms with E-state index in [-0.39, 0.29) is 12.6 Å². The van der Waals surface area contributed by atoms with Crippen molar-refractivity contribution in [2.24, 2.45) is 0 Å². The molecule has 2 amide bonds. The van der Waals surface area contributed by atoms with Gasteiger partial charge in [-0.15, -0.1) is 0 Å². The number of fused-ring (bicyclic) bond motifs is 1. The lowest BCUT2D eigenvalue weighted by molar-refractivity contribution is 0.173. The molecule has 0 radical (unpaired) electrons. The van der Waals surface area contributed by atoms with Gasteiger partial charge in [-0.05, 0) is 30.5 Å². The summed E-state index contributed by atoms with van der Waals surface area (Å²) in [6.07, 6.45) is 0.342. The quantitative estimate of drug-likeness (QED) is 0.760. The predicted molar refractivity (Wildman–Crippen MR) is 75.5 cm³/mol. The zero-order chi connectivity index (χ0) is 13.8. The lowest BCUT2D eigenvalue weighted by Crippen LogP contribution is -2.37. The van der Waals surface area contributed by atoms with E-state index in [0.29, 0.717) is 6.54 Å². The summed E-state index contributed by atoms with van der Waals surface area (Å²) >= 11 is 0. The number of likely N-dealkylation sites (N-methyl/N-ethyl adjacent to an activating group) is 1. The number of amides is 2. The first kappa shape index (κ1) is 13.7. The Bertz CT molecular complexity index is 462. The zero-order valence-electron chi connectivity index (χ0n) is 11.4. The van der Waals surface area contributed by atoms with Gasteiger partial charge in [-0.25, -0.2) is 4.79 Å². The number of carbonyl (C=O) groups is 1. The third-order valence-corrected chi connectivity index (χ3v) is 3.41. The van der Waals surface area contributed by atoms with Gasteiger partial charge in [0, 0.05) is 32.4 Å². The molecular weight excluding hydrogens is 242 g/mol. The van der Waals surface area contributed by atoms with Gasteiger partial charge in [0.25, 0.3) is 0 Å². The van der Waals surface area contributed by atoms with Crippen LogP contribution in [0.25, 0.3) is 0 Å². The van der Waals surface area contributed by atoms with Crippen LogP contribution in [0.15, 0.2) is 18.2 Å². The first-order valence-corrected chi connectivity index (χ1v) is 6.65. The van der Waals surface area contributed by atoms with Crippen molar-refractivity contribution in [3.05, 3.63) is 29.3 Å². The highest BCUT2D eigenvalue weighted by Crippen LogP contribution is 2.29. The minimum absolute atomic E-state index is 0.223. The molecule has 1 aliphatic rings. The Hall–Kier alpha value is -1.75. The number of nitrogens with one attached hydrogen (secondary N) is 2. The Morgan fingerprint density at radius 1 is 1.47 bits per heavy atom. The fourth-order valence-electron chi connectivity index (χ4n) is 2.32. The lowest BCUT2D eigenvalue weighted by Gasteiger charge is -2.15. The fourth-order valence-corrected chi connectivity index (χ4v) is 2.32. The molecule has 0 aromatic heterocycles. The molecule has 0 spiro atoms. The highest BCUT2D eigenvalue weighted by Gasteiger charge is 2.18. The van der Waals surface area contributed by atoms with Crippen molar-refractivity contribution in [1.29, 1.82) is 0 Å². The second-order valence-electron chi connectivity index (χ2n) is 4.82. The molecule has 1 aliphatic heterocycles.